The molecule has 0 aliphatic rings. The maximum Gasteiger partial charge on any atom is 0.148 e. The lowest BCUT2D eigenvalue weighted by Gasteiger charge is -2.15. The first-order valence-corrected chi connectivity index (χ1v) is 7.21. The Bertz CT molecular complexity index is 600. The summed E-state index contributed by atoms with van der Waals surface area (Å²) in [6, 6.07) is 2.74. The van der Waals surface area contributed by atoms with Crippen LogP contribution in [0.1, 0.15) is 29.8 Å². The van der Waals surface area contributed by atoms with Crippen molar-refractivity contribution in [3.63, 3.8) is 0 Å². The molecular weight excluding hydrogens is 277 g/mol. The standard InChI is InChI=1S/C14H18FN3OS/c1-4-9-7-17-14(20-9)8(2)18-12-6-13(19-3)11(16)5-10(12)15/h5-8,18H,4,16H2,1-3H3. The summed E-state index contributed by atoms with van der Waals surface area (Å²) in [6.07, 6.45) is 2.81. The number of nitrogens with two attached hydrogens (primary N) is 1. The number of aryl methyl sites for hydroxylation is 1. The van der Waals surface area contributed by atoms with Crippen LogP contribution in [0.15, 0.2) is 18.3 Å². The molecule has 2 rings (SSSR count). The zero-order valence-corrected chi connectivity index (χ0v) is 12.6. The minimum absolute atomic E-state index is 0.0804. The number of nitrogens with one attached hydrogen (secondary N) is 1. The van der Waals surface area contributed by atoms with Gasteiger partial charge in [0.1, 0.15) is 16.6 Å². The van der Waals surface area contributed by atoms with Crippen molar-refractivity contribution in [2.24, 2.45) is 0 Å². The molecule has 1 atom stereocenters. The van der Waals surface area contributed by atoms with Crippen LogP contribution < -0.4 is 15.8 Å². The first-order valence-electron chi connectivity index (χ1n) is 6.39. The van der Waals surface area contributed by atoms with Gasteiger partial charge in [-0.3, -0.25) is 0 Å². The van der Waals surface area contributed by atoms with Crippen LogP contribution >= 0.6 is 11.3 Å². The van der Waals surface area contributed by atoms with Gasteiger partial charge < -0.3 is 15.8 Å². The summed E-state index contributed by atoms with van der Waals surface area (Å²) in [5.74, 6) is 0.0527. The highest BCUT2D eigenvalue weighted by molar-refractivity contribution is 7.11. The van der Waals surface area contributed by atoms with E-state index in [0.717, 1.165) is 11.4 Å². The lowest BCUT2D eigenvalue weighted by atomic mass is 10.2. The van der Waals surface area contributed by atoms with Gasteiger partial charge in [0.15, 0.2) is 0 Å². The zero-order valence-electron chi connectivity index (χ0n) is 11.7. The fourth-order valence-corrected chi connectivity index (χ4v) is 2.70. The van der Waals surface area contributed by atoms with Crippen molar-refractivity contribution in [2.75, 3.05) is 18.2 Å². The summed E-state index contributed by atoms with van der Waals surface area (Å²) < 4.78 is 19.0. The van der Waals surface area contributed by atoms with Crippen LogP contribution in [0.2, 0.25) is 0 Å². The predicted octanol–water partition coefficient (Wildman–Crippen LogP) is 3.61. The van der Waals surface area contributed by atoms with Crippen LogP contribution in [0.3, 0.4) is 0 Å². The van der Waals surface area contributed by atoms with Crippen LogP contribution in [-0.2, 0) is 6.42 Å². The topological polar surface area (TPSA) is 60.2 Å². The van der Waals surface area contributed by atoms with Crippen molar-refractivity contribution in [2.45, 2.75) is 26.3 Å². The number of benzene rings is 1. The SMILES string of the molecule is CCc1cnc(C(C)Nc2cc(OC)c(N)cc2F)s1. The molecule has 0 amide bonds. The number of hydrogen-bond donors (Lipinski definition) is 2. The molecule has 0 radical (unpaired) electrons. The number of hydrogen-bond acceptors (Lipinski definition) is 5. The van der Waals surface area contributed by atoms with Gasteiger partial charge in [-0.25, -0.2) is 9.37 Å². The number of halogens is 1. The first kappa shape index (κ1) is 14.6. The van der Waals surface area contributed by atoms with E-state index in [4.69, 9.17) is 10.5 Å². The minimum atomic E-state index is -0.401. The fraction of sp³-hybridized carbons (Fsp3) is 0.357. The second-order valence-electron chi connectivity index (χ2n) is 4.46. The van der Waals surface area contributed by atoms with Gasteiger partial charge in [-0.2, -0.15) is 0 Å². The number of thiazole rings is 1. The molecule has 1 aromatic carbocycles. The Kier molecular flexibility index (Phi) is 4.44. The number of ether oxygens (including phenoxy) is 1. The first-order chi connectivity index (χ1) is 9.55. The average molecular weight is 295 g/mol. The molecule has 0 saturated heterocycles. The maximum absolute atomic E-state index is 13.9. The third-order valence-electron chi connectivity index (χ3n) is 2.98. The smallest absolute Gasteiger partial charge is 0.148 e. The molecule has 0 aliphatic heterocycles. The fourth-order valence-electron chi connectivity index (χ4n) is 1.84. The molecule has 20 heavy (non-hydrogen) atoms. The van der Waals surface area contributed by atoms with E-state index in [1.54, 1.807) is 17.4 Å². The van der Waals surface area contributed by atoms with Crippen molar-refractivity contribution in [1.29, 1.82) is 0 Å². The van der Waals surface area contributed by atoms with Gasteiger partial charge in [0, 0.05) is 23.2 Å². The third-order valence-corrected chi connectivity index (χ3v) is 4.31. The lowest BCUT2D eigenvalue weighted by molar-refractivity contribution is 0.416. The molecule has 1 unspecified atom stereocenters. The van der Waals surface area contributed by atoms with E-state index < -0.39 is 5.82 Å². The second kappa shape index (κ2) is 6.09. The predicted molar refractivity (Wildman–Crippen MR) is 80.9 cm³/mol. The van der Waals surface area contributed by atoms with E-state index in [-0.39, 0.29) is 11.7 Å². The highest BCUT2D eigenvalue weighted by Crippen LogP contribution is 2.31. The molecular formula is C14H18FN3OS. The van der Waals surface area contributed by atoms with Crippen molar-refractivity contribution < 1.29 is 9.13 Å². The van der Waals surface area contributed by atoms with E-state index in [1.807, 2.05) is 13.1 Å². The van der Waals surface area contributed by atoms with Crippen LogP contribution in [0.5, 0.6) is 5.75 Å². The molecule has 0 aliphatic carbocycles. The molecule has 4 nitrogen and oxygen atoms in total. The van der Waals surface area contributed by atoms with Crippen molar-refractivity contribution in [1.82, 2.24) is 4.98 Å². The van der Waals surface area contributed by atoms with Crippen molar-refractivity contribution in [3.8, 4) is 5.75 Å². The molecule has 2 aromatic rings. The van der Waals surface area contributed by atoms with Gasteiger partial charge in [-0.1, -0.05) is 6.92 Å². The minimum Gasteiger partial charge on any atom is -0.495 e. The summed E-state index contributed by atoms with van der Waals surface area (Å²) >= 11 is 1.63. The largest absolute Gasteiger partial charge is 0.495 e. The number of rotatable bonds is 5. The maximum atomic E-state index is 13.9. The van der Waals surface area contributed by atoms with E-state index >= 15 is 0 Å². The van der Waals surface area contributed by atoms with Crippen molar-refractivity contribution >= 4 is 22.7 Å². The van der Waals surface area contributed by atoms with Gasteiger partial charge in [-0.15, -0.1) is 11.3 Å². The Hall–Kier alpha value is -1.82. The summed E-state index contributed by atoms with van der Waals surface area (Å²) in [4.78, 5) is 5.56. The van der Waals surface area contributed by atoms with E-state index in [0.29, 0.717) is 11.4 Å². The highest BCUT2D eigenvalue weighted by Gasteiger charge is 2.14. The Morgan fingerprint density at radius 3 is 2.85 bits per heavy atom. The van der Waals surface area contributed by atoms with E-state index in [9.17, 15) is 4.39 Å². The summed E-state index contributed by atoms with van der Waals surface area (Å²) in [7, 11) is 1.51. The normalized spacial score (nSPS) is 12.2. The van der Waals surface area contributed by atoms with Crippen LogP contribution in [0.25, 0.3) is 0 Å². The number of anilines is 2. The molecule has 0 bridgehead atoms. The van der Waals surface area contributed by atoms with E-state index in [1.165, 1.54) is 18.1 Å². The van der Waals surface area contributed by atoms with E-state index in [2.05, 4.69) is 17.2 Å². The van der Waals surface area contributed by atoms with Gasteiger partial charge in [0.05, 0.1) is 24.5 Å². The van der Waals surface area contributed by atoms with Gasteiger partial charge >= 0.3 is 0 Å². The van der Waals surface area contributed by atoms with Gasteiger partial charge in [0.25, 0.3) is 0 Å². The highest BCUT2D eigenvalue weighted by atomic mass is 32.1. The number of nitrogen functional groups attached to an aromatic ring is 1. The molecule has 0 spiro atoms. The van der Waals surface area contributed by atoms with Gasteiger partial charge in [0.2, 0.25) is 0 Å². The Balaban J connectivity index is 2.20. The average Bonchev–Trinajstić information content (AvgIpc) is 2.90. The van der Waals surface area contributed by atoms with Crippen LogP contribution in [0.4, 0.5) is 15.8 Å². The number of aromatic nitrogens is 1. The quantitative estimate of drug-likeness (QED) is 0.827. The molecule has 3 N–H and O–H groups in total. The monoisotopic (exact) mass is 295 g/mol. The van der Waals surface area contributed by atoms with Crippen molar-refractivity contribution in [3.05, 3.63) is 34.0 Å². The Labute approximate surface area is 121 Å². The number of methoxy groups -OCH3 is 1. The molecule has 0 fully saturated rings. The molecule has 1 heterocycles. The summed E-state index contributed by atoms with van der Waals surface area (Å²) in [5.41, 5.74) is 6.30. The second-order valence-corrected chi connectivity index (χ2v) is 5.61. The molecule has 0 saturated carbocycles. The summed E-state index contributed by atoms with van der Waals surface area (Å²) in [5, 5.41) is 4.03. The van der Waals surface area contributed by atoms with Crippen LogP contribution in [0, 0.1) is 5.82 Å². The number of nitrogens with zero attached hydrogens (tertiary/aromatic N) is 1. The Morgan fingerprint density at radius 2 is 2.25 bits per heavy atom. The van der Waals surface area contributed by atoms with Gasteiger partial charge in [-0.05, 0) is 13.3 Å². The molecule has 6 heteroatoms. The lowest BCUT2D eigenvalue weighted by Crippen LogP contribution is -2.08. The molecule has 108 valence electrons. The zero-order chi connectivity index (χ0) is 14.7. The summed E-state index contributed by atoms with van der Waals surface area (Å²) in [6.45, 7) is 4.03. The Morgan fingerprint density at radius 1 is 1.50 bits per heavy atom. The molecule has 1 aromatic heterocycles. The van der Waals surface area contributed by atoms with Crippen LogP contribution in [-0.4, -0.2) is 12.1 Å². The third kappa shape index (κ3) is 3.01.